The molecule has 0 aliphatic rings. The number of methoxy groups -OCH3 is 1. The van der Waals surface area contributed by atoms with E-state index >= 15 is 0 Å². The zero-order valence-electron chi connectivity index (χ0n) is 10.1. The number of hydrogen-bond acceptors (Lipinski definition) is 3. The van der Waals surface area contributed by atoms with Gasteiger partial charge in [0.05, 0.1) is 6.61 Å². The molecule has 0 amide bonds. The Morgan fingerprint density at radius 2 is 2.06 bits per heavy atom. The number of rotatable bonds is 5. The zero-order chi connectivity index (χ0) is 12.8. The fourth-order valence-electron chi connectivity index (χ4n) is 1.58. The summed E-state index contributed by atoms with van der Waals surface area (Å²) in [6.45, 7) is 0.980. The molecule has 0 aliphatic carbocycles. The Balaban J connectivity index is 2.02. The molecule has 2 aromatic rings. The molecule has 2 rings (SSSR count). The van der Waals surface area contributed by atoms with Gasteiger partial charge in [0, 0.05) is 18.9 Å². The van der Waals surface area contributed by atoms with Gasteiger partial charge in [0.15, 0.2) is 0 Å². The lowest BCUT2D eigenvalue weighted by atomic mass is 10.2. The Bertz CT molecular complexity index is 517. The highest BCUT2D eigenvalue weighted by Gasteiger charge is 2.02. The van der Waals surface area contributed by atoms with Crippen LogP contribution in [-0.2, 0) is 18.0 Å². The average Bonchev–Trinajstić information content (AvgIpc) is 2.39. The minimum atomic E-state index is 0.406. The summed E-state index contributed by atoms with van der Waals surface area (Å²) in [5.74, 6) is 0.796. The number of ether oxygens (including phenoxy) is 2. The third-order valence-corrected chi connectivity index (χ3v) is 2.78. The first kappa shape index (κ1) is 12.9. The van der Waals surface area contributed by atoms with Crippen molar-refractivity contribution in [3.05, 3.63) is 58.9 Å². The largest absolute Gasteiger partial charge is 0.489 e. The standard InChI is InChI=1S/C14H14ClNO2/c1-17-9-11-4-2-6-13(8-11)18-10-12-5-3-7-16-14(12)15/h2-8H,9-10H2,1H3. The van der Waals surface area contributed by atoms with Crippen molar-refractivity contribution in [3.63, 3.8) is 0 Å². The Hall–Kier alpha value is -1.58. The summed E-state index contributed by atoms with van der Waals surface area (Å²) in [6.07, 6.45) is 1.66. The van der Waals surface area contributed by atoms with Crippen molar-refractivity contribution in [2.45, 2.75) is 13.2 Å². The number of pyridine rings is 1. The Morgan fingerprint density at radius 3 is 2.83 bits per heavy atom. The highest BCUT2D eigenvalue weighted by Crippen LogP contribution is 2.18. The molecule has 18 heavy (non-hydrogen) atoms. The molecule has 0 N–H and O–H groups in total. The second-order valence-electron chi connectivity index (χ2n) is 3.82. The van der Waals surface area contributed by atoms with Gasteiger partial charge in [-0.25, -0.2) is 4.98 Å². The number of aromatic nitrogens is 1. The number of nitrogens with zero attached hydrogens (tertiary/aromatic N) is 1. The van der Waals surface area contributed by atoms with Crippen LogP contribution >= 0.6 is 11.6 Å². The maximum Gasteiger partial charge on any atom is 0.135 e. The molecule has 1 aromatic carbocycles. The third-order valence-electron chi connectivity index (χ3n) is 2.44. The first-order valence-corrected chi connectivity index (χ1v) is 5.97. The van der Waals surface area contributed by atoms with Gasteiger partial charge in [0.1, 0.15) is 17.5 Å². The molecule has 0 aliphatic heterocycles. The quantitative estimate of drug-likeness (QED) is 0.774. The number of benzene rings is 1. The van der Waals surface area contributed by atoms with Crippen LogP contribution < -0.4 is 4.74 Å². The zero-order valence-corrected chi connectivity index (χ0v) is 10.9. The van der Waals surface area contributed by atoms with Gasteiger partial charge in [0.25, 0.3) is 0 Å². The number of hydrogen-bond donors (Lipinski definition) is 0. The summed E-state index contributed by atoms with van der Waals surface area (Å²) >= 11 is 5.96. The van der Waals surface area contributed by atoms with E-state index < -0.39 is 0 Å². The van der Waals surface area contributed by atoms with E-state index in [2.05, 4.69) is 4.98 Å². The van der Waals surface area contributed by atoms with Crippen LogP contribution in [0.3, 0.4) is 0 Å². The molecule has 1 heterocycles. The van der Waals surface area contributed by atoms with Crippen LogP contribution in [0.15, 0.2) is 42.6 Å². The lowest BCUT2D eigenvalue weighted by molar-refractivity contribution is 0.184. The fraction of sp³-hybridized carbons (Fsp3) is 0.214. The highest BCUT2D eigenvalue weighted by atomic mass is 35.5. The van der Waals surface area contributed by atoms with Gasteiger partial charge in [-0.05, 0) is 23.8 Å². The summed E-state index contributed by atoms with van der Waals surface area (Å²) in [7, 11) is 1.67. The predicted molar refractivity (Wildman–Crippen MR) is 70.7 cm³/mol. The predicted octanol–water partition coefficient (Wildman–Crippen LogP) is 3.46. The molecular formula is C14H14ClNO2. The molecule has 0 saturated heterocycles. The van der Waals surface area contributed by atoms with Gasteiger partial charge in [-0.3, -0.25) is 0 Å². The van der Waals surface area contributed by atoms with Gasteiger partial charge in [-0.2, -0.15) is 0 Å². The smallest absolute Gasteiger partial charge is 0.135 e. The monoisotopic (exact) mass is 263 g/mol. The van der Waals surface area contributed by atoms with E-state index in [4.69, 9.17) is 21.1 Å². The first-order chi connectivity index (χ1) is 8.79. The van der Waals surface area contributed by atoms with Crippen molar-refractivity contribution in [2.75, 3.05) is 7.11 Å². The lowest BCUT2D eigenvalue weighted by Gasteiger charge is -2.08. The molecule has 0 radical (unpaired) electrons. The molecule has 0 spiro atoms. The second kappa shape index (κ2) is 6.38. The van der Waals surface area contributed by atoms with Crippen molar-refractivity contribution in [3.8, 4) is 5.75 Å². The summed E-state index contributed by atoms with van der Waals surface area (Å²) in [5, 5.41) is 0.477. The third kappa shape index (κ3) is 3.45. The van der Waals surface area contributed by atoms with Crippen LogP contribution in [0.25, 0.3) is 0 Å². The van der Waals surface area contributed by atoms with E-state index in [-0.39, 0.29) is 0 Å². The molecule has 0 fully saturated rings. The van der Waals surface area contributed by atoms with Crippen molar-refractivity contribution < 1.29 is 9.47 Å². The Labute approximate surface area is 111 Å². The minimum Gasteiger partial charge on any atom is -0.489 e. The topological polar surface area (TPSA) is 31.4 Å². The Kier molecular flexibility index (Phi) is 4.56. The summed E-state index contributed by atoms with van der Waals surface area (Å²) in [5.41, 5.74) is 1.95. The van der Waals surface area contributed by atoms with Crippen LogP contribution in [0.1, 0.15) is 11.1 Å². The molecular weight excluding hydrogens is 250 g/mol. The van der Waals surface area contributed by atoms with Crippen LogP contribution in [0.4, 0.5) is 0 Å². The van der Waals surface area contributed by atoms with E-state index in [0.717, 1.165) is 16.9 Å². The van der Waals surface area contributed by atoms with Crippen molar-refractivity contribution in [1.29, 1.82) is 0 Å². The van der Waals surface area contributed by atoms with Gasteiger partial charge >= 0.3 is 0 Å². The van der Waals surface area contributed by atoms with Crippen LogP contribution in [-0.4, -0.2) is 12.1 Å². The van der Waals surface area contributed by atoms with Gasteiger partial charge in [-0.1, -0.05) is 29.8 Å². The van der Waals surface area contributed by atoms with Crippen molar-refractivity contribution in [2.24, 2.45) is 0 Å². The molecule has 0 saturated carbocycles. The highest BCUT2D eigenvalue weighted by molar-refractivity contribution is 6.30. The molecule has 0 unspecified atom stereocenters. The normalized spacial score (nSPS) is 10.3. The molecule has 0 atom stereocenters. The maximum absolute atomic E-state index is 5.96. The lowest BCUT2D eigenvalue weighted by Crippen LogP contribution is -1.98. The van der Waals surface area contributed by atoms with E-state index in [0.29, 0.717) is 18.4 Å². The number of halogens is 1. The van der Waals surface area contributed by atoms with Gasteiger partial charge in [-0.15, -0.1) is 0 Å². The molecule has 1 aromatic heterocycles. The van der Waals surface area contributed by atoms with Crippen LogP contribution in [0, 0.1) is 0 Å². The fourth-order valence-corrected chi connectivity index (χ4v) is 1.75. The molecule has 4 heteroatoms. The maximum atomic E-state index is 5.96. The summed E-state index contributed by atoms with van der Waals surface area (Å²) in [6, 6.07) is 11.5. The average molecular weight is 264 g/mol. The molecule has 0 bridgehead atoms. The summed E-state index contributed by atoms with van der Waals surface area (Å²) in [4.78, 5) is 4.00. The first-order valence-electron chi connectivity index (χ1n) is 5.59. The SMILES string of the molecule is COCc1cccc(OCc2cccnc2Cl)c1. The van der Waals surface area contributed by atoms with E-state index in [1.165, 1.54) is 0 Å². The molecule has 3 nitrogen and oxygen atoms in total. The van der Waals surface area contributed by atoms with E-state index in [9.17, 15) is 0 Å². The van der Waals surface area contributed by atoms with Gasteiger partial charge in [0.2, 0.25) is 0 Å². The van der Waals surface area contributed by atoms with E-state index in [1.54, 1.807) is 13.3 Å². The van der Waals surface area contributed by atoms with Crippen LogP contribution in [0.2, 0.25) is 5.15 Å². The Morgan fingerprint density at radius 1 is 1.17 bits per heavy atom. The molecule has 94 valence electrons. The van der Waals surface area contributed by atoms with Gasteiger partial charge < -0.3 is 9.47 Å². The van der Waals surface area contributed by atoms with Crippen molar-refractivity contribution >= 4 is 11.6 Å². The van der Waals surface area contributed by atoms with E-state index in [1.807, 2.05) is 36.4 Å². The summed E-state index contributed by atoms with van der Waals surface area (Å²) < 4.78 is 10.8. The van der Waals surface area contributed by atoms with Crippen molar-refractivity contribution in [1.82, 2.24) is 4.98 Å². The minimum absolute atomic E-state index is 0.406. The van der Waals surface area contributed by atoms with Crippen LogP contribution in [0.5, 0.6) is 5.75 Å². The second-order valence-corrected chi connectivity index (χ2v) is 4.18.